The van der Waals surface area contributed by atoms with Gasteiger partial charge >= 0.3 is 0 Å². The maximum Gasteiger partial charge on any atom is 0.270 e. The lowest BCUT2D eigenvalue weighted by Crippen LogP contribution is -2.36. The van der Waals surface area contributed by atoms with Crippen molar-refractivity contribution < 1.29 is 61.1 Å². The molecule has 3 fully saturated rings. The molecule has 9 aromatic rings. The summed E-state index contributed by atoms with van der Waals surface area (Å²) in [5.74, 6) is 1.54. The number of hydrogen-bond acceptors (Lipinski definition) is 24. The lowest BCUT2D eigenvalue weighted by molar-refractivity contribution is 0.120. The van der Waals surface area contributed by atoms with E-state index < -0.39 is 39.1 Å². The molecule has 6 aromatic heterocycles. The van der Waals surface area contributed by atoms with Gasteiger partial charge in [-0.25, -0.2) is 33.7 Å². The summed E-state index contributed by atoms with van der Waals surface area (Å²) >= 11 is 3.91. The highest BCUT2D eigenvalue weighted by Gasteiger charge is 2.31. The first-order valence-corrected chi connectivity index (χ1v) is 36.5. The fourth-order valence-corrected chi connectivity index (χ4v) is 15.1. The molecule has 0 spiro atoms. The van der Waals surface area contributed by atoms with Gasteiger partial charge in [-0.2, -0.15) is 3.71 Å². The van der Waals surface area contributed by atoms with Crippen LogP contribution in [0.3, 0.4) is 0 Å². The van der Waals surface area contributed by atoms with Crippen molar-refractivity contribution in [2.24, 2.45) is 0 Å². The molecule has 0 saturated carbocycles. The third-order valence-electron chi connectivity index (χ3n) is 13.6. The molecule has 3 aliphatic heterocycles. The molecule has 3 saturated heterocycles. The second-order valence-electron chi connectivity index (χ2n) is 19.4. The van der Waals surface area contributed by atoms with E-state index >= 15 is 0 Å². The zero-order valence-electron chi connectivity index (χ0n) is 47.6. The predicted octanol–water partition coefficient (Wildman–Crippen LogP) is 9.99. The Hall–Kier alpha value is -7.88. The van der Waals surface area contributed by atoms with Gasteiger partial charge in [-0.1, -0.05) is 62.7 Å². The number of morpholine rings is 3. The second kappa shape index (κ2) is 28.5. The number of ether oxygens (including phenoxy) is 3. The third kappa shape index (κ3) is 15.8. The number of hydrogen-bond donors (Lipinski definition) is 2. The van der Waals surface area contributed by atoms with Gasteiger partial charge in [0.2, 0.25) is 16.3 Å². The fraction of sp³-hybridized carbons (Fsp3) is 0.203. The molecule has 0 radical (unpaired) electrons. The SMILES string of the molecule is C=CS(=O)(=O)Cl.C=CS(=O)(=O)N(c1cccc(-c2csc3c(=O)cc(N4CCOCC4)oc23)c1)S(=O)(=O)C=C.C=CS(=O)(=O)Nc1cccc(-c2csc3c(=O)cc(N4CCOCC4)oc23)c1.Nc1cccc(-c2csc3c(=O)cc(N4CCOCC4)oc23)c1. The summed E-state index contributed by atoms with van der Waals surface area (Å²) in [6.45, 7) is 20.1. The molecule has 474 valence electrons. The van der Waals surface area contributed by atoms with Gasteiger partial charge in [-0.05, 0) is 53.1 Å². The number of rotatable bonds is 15. The summed E-state index contributed by atoms with van der Waals surface area (Å²) in [5.41, 5.74) is 12.4. The van der Waals surface area contributed by atoms with Gasteiger partial charge in [-0.3, -0.25) is 19.1 Å². The van der Waals surface area contributed by atoms with Gasteiger partial charge in [0.1, 0.15) is 14.1 Å². The van der Waals surface area contributed by atoms with Crippen LogP contribution in [-0.2, 0) is 53.3 Å². The van der Waals surface area contributed by atoms with E-state index in [-0.39, 0.29) is 25.7 Å². The maximum absolute atomic E-state index is 12.7. The highest BCUT2D eigenvalue weighted by atomic mass is 35.7. The Balaban J connectivity index is 0.000000155. The van der Waals surface area contributed by atoms with Crippen molar-refractivity contribution in [2.75, 3.05) is 108 Å². The molecule has 0 unspecified atom stereocenters. The zero-order valence-corrected chi connectivity index (χ0v) is 54.0. The van der Waals surface area contributed by atoms with Gasteiger partial charge < -0.3 is 47.9 Å². The standard InChI is InChI=1S/C21H20N2O7S3.C19H18N2O5S2.C17H16N2O3S.C2H3ClO2S/c1-3-32(25,26)23(33(27,28)4-2)16-7-5-6-15(12-16)17-14-31-21-18(24)13-19(30-20(17)21)22-8-10-29-11-9-22;1-2-28(23,24)20-14-5-3-4-13(10-14)15-12-27-19-16(22)11-17(26-18(15)19)21-6-8-25-9-7-21;18-12-3-1-2-11(8-12)13-10-23-17-14(20)9-15(22-16(13)17)19-4-6-21-7-5-19;1-2-6(3,4)5/h3-7,12-14H,1-2,8-11H2;2-5,10-12,20H,1,6-9H2;1-3,8-10H,4-7,18H2;2H,1H2. The average molecular weight is 1380 g/mol. The number of halogens is 1. The van der Waals surface area contributed by atoms with E-state index in [1.165, 1.54) is 64.3 Å². The number of thiophene rings is 3. The predicted molar refractivity (Wildman–Crippen MR) is 359 cm³/mol. The van der Waals surface area contributed by atoms with Crippen LogP contribution in [0, 0.1) is 0 Å². The summed E-state index contributed by atoms with van der Waals surface area (Å²) in [6.07, 6.45) is 0. The lowest BCUT2D eigenvalue weighted by atomic mass is 10.1. The van der Waals surface area contributed by atoms with E-state index in [9.17, 15) is 48.1 Å². The molecule has 0 amide bonds. The van der Waals surface area contributed by atoms with Crippen LogP contribution in [0.5, 0.6) is 0 Å². The molecule has 0 aliphatic carbocycles. The lowest BCUT2D eigenvalue weighted by Gasteiger charge is -2.27. The molecule has 3 aliphatic rings. The van der Waals surface area contributed by atoms with E-state index in [4.69, 9.17) is 33.2 Å². The largest absolute Gasteiger partial charge is 0.439 e. The minimum atomic E-state index is -4.39. The summed E-state index contributed by atoms with van der Waals surface area (Å²) in [4.78, 5) is 43.6. The van der Waals surface area contributed by atoms with Crippen molar-refractivity contribution in [1.29, 1.82) is 0 Å². The molecule has 0 bridgehead atoms. The van der Waals surface area contributed by atoms with Crippen LogP contribution in [0.4, 0.5) is 34.7 Å². The molecule has 31 heteroatoms. The van der Waals surface area contributed by atoms with Crippen LogP contribution < -0.4 is 45.2 Å². The number of benzene rings is 3. The molecule has 0 atom stereocenters. The van der Waals surface area contributed by atoms with E-state index in [1.54, 1.807) is 35.7 Å². The molecule has 23 nitrogen and oxygen atoms in total. The maximum atomic E-state index is 12.7. The zero-order chi connectivity index (χ0) is 64.5. The first kappa shape index (κ1) is 66.5. The van der Waals surface area contributed by atoms with Crippen LogP contribution in [-0.4, -0.2) is 113 Å². The van der Waals surface area contributed by atoms with E-state index in [2.05, 4.69) is 41.7 Å². The fourth-order valence-electron chi connectivity index (χ4n) is 9.23. The quantitative estimate of drug-likeness (QED) is 0.0712. The van der Waals surface area contributed by atoms with Crippen molar-refractivity contribution in [3.63, 3.8) is 0 Å². The van der Waals surface area contributed by atoms with Gasteiger partial charge in [0.25, 0.3) is 39.1 Å². The highest BCUT2D eigenvalue weighted by molar-refractivity contribution is 8.16. The highest BCUT2D eigenvalue weighted by Crippen LogP contribution is 2.39. The van der Waals surface area contributed by atoms with Gasteiger partial charge in [0.05, 0.1) is 45.3 Å². The van der Waals surface area contributed by atoms with Gasteiger partial charge in [-0.15, -0.1) is 34.0 Å². The van der Waals surface area contributed by atoms with E-state index in [0.717, 1.165) is 40.8 Å². The number of fused-ring (bicyclic) bond motifs is 3. The van der Waals surface area contributed by atoms with Gasteiger partial charge in [0.15, 0.2) is 34.4 Å². The summed E-state index contributed by atoms with van der Waals surface area (Å²) in [5, 5.41) is 8.14. The number of sulfonamides is 3. The molecule has 3 aromatic carbocycles. The summed E-state index contributed by atoms with van der Waals surface area (Å²) < 4.78 is 131. The van der Waals surface area contributed by atoms with Crippen LogP contribution in [0.15, 0.2) is 183 Å². The molecule has 3 N–H and O–H groups in total. The Morgan fingerprint density at radius 1 is 0.489 bits per heavy atom. The minimum Gasteiger partial charge on any atom is -0.439 e. The Labute approximate surface area is 533 Å². The van der Waals surface area contributed by atoms with E-state index in [1.807, 2.05) is 55.8 Å². The molecule has 90 heavy (non-hydrogen) atoms. The average Bonchev–Trinajstić information content (AvgIpc) is 1.48. The van der Waals surface area contributed by atoms with Crippen molar-refractivity contribution in [3.05, 3.63) is 186 Å². The molecule has 9 heterocycles. The smallest absolute Gasteiger partial charge is 0.270 e. The van der Waals surface area contributed by atoms with Crippen molar-refractivity contribution in [2.45, 2.75) is 0 Å². The monoisotopic (exact) mass is 1380 g/mol. The summed E-state index contributed by atoms with van der Waals surface area (Å²) in [6, 6.07) is 25.0. The van der Waals surface area contributed by atoms with E-state index in [0.29, 0.717) is 153 Å². The van der Waals surface area contributed by atoms with Crippen molar-refractivity contribution >= 4 is 149 Å². The Kier molecular flexibility index (Phi) is 21.1. The van der Waals surface area contributed by atoms with Crippen LogP contribution in [0.25, 0.3) is 64.2 Å². The Morgan fingerprint density at radius 3 is 1.20 bits per heavy atom. The minimum absolute atomic E-state index is 0.00658. The van der Waals surface area contributed by atoms with Gasteiger partial charge in [0, 0.05) is 134 Å². The Morgan fingerprint density at radius 2 is 0.844 bits per heavy atom. The number of anilines is 6. The van der Waals surface area contributed by atoms with Crippen LogP contribution in [0.1, 0.15) is 0 Å². The topological polar surface area (TPSA) is 306 Å². The first-order chi connectivity index (χ1) is 42.9. The second-order valence-corrected chi connectivity index (χ2v) is 29.9. The molecular formula is C59H57ClN6O17S7. The first-order valence-electron chi connectivity index (χ1n) is 26.9. The summed E-state index contributed by atoms with van der Waals surface area (Å²) in [7, 11) is -11.2. The van der Waals surface area contributed by atoms with Crippen LogP contribution >= 0.6 is 44.7 Å². The third-order valence-corrected chi connectivity index (χ3v) is 21.7. The van der Waals surface area contributed by atoms with Crippen molar-refractivity contribution in [3.8, 4) is 33.4 Å². The number of nitrogens with two attached hydrogens (primary N) is 1. The number of nitrogens with one attached hydrogen (secondary N) is 1. The normalized spacial score (nSPS) is 14.7. The molecule has 12 rings (SSSR count). The number of nitrogens with zero attached hydrogens (tertiary/aromatic N) is 4. The molecular weight excluding hydrogens is 1320 g/mol. The Bertz CT molecular complexity index is 4780. The van der Waals surface area contributed by atoms with Crippen molar-refractivity contribution in [1.82, 2.24) is 0 Å². The number of nitrogen functional groups attached to an aromatic ring is 1. The van der Waals surface area contributed by atoms with Crippen LogP contribution in [0.2, 0.25) is 0 Å².